The normalized spacial score (nSPS) is 18.3. The van der Waals surface area contributed by atoms with Gasteiger partial charge in [-0.15, -0.1) is 0 Å². The van der Waals surface area contributed by atoms with Gasteiger partial charge in [0.1, 0.15) is 5.82 Å². The molecule has 2 heterocycles. The summed E-state index contributed by atoms with van der Waals surface area (Å²) in [6, 6.07) is 4.98. The minimum Gasteiger partial charge on any atom is -0.367 e. The van der Waals surface area contributed by atoms with Gasteiger partial charge in [0.05, 0.1) is 22.2 Å². The molecular formula is C13H15N5O2. The van der Waals surface area contributed by atoms with Gasteiger partial charge in [0.2, 0.25) is 0 Å². The Morgan fingerprint density at radius 1 is 1.45 bits per heavy atom. The van der Waals surface area contributed by atoms with Crippen molar-refractivity contribution in [2.24, 2.45) is 0 Å². The molecule has 1 aromatic carbocycles. The Balaban J connectivity index is 1.76. The molecule has 0 bridgehead atoms. The maximum Gasteiger partial charge on any atom is 0.271 e. The number of aromatic nitrogens is 2. The van der Waals surface area contributed by atoms with Crippen LogP contribution in [0.25, 0.3) is 11.0 Å². The van der Waals surface area contributed by atoms with E-state index >= 15 is 0 Å². The molecule has 1 saturated heterocycles. The molecule has 3 rings (SSSR count). The van der Waals surface area contributed by atoms with Gasteiger partial charge in [-0.2, -0.15) is 0 Å². The second kappa shape index (κ2) is 5.38. The molecule has 0 radical (unpaired) electrons. The van der Waals surface area contributed by atoms with Crippen molar-refractivity contribution >= 4 is 22.5 Å². The fraction of sp³-hybridized carbons (Fsp3) is 0.385. The maximum atomic E-state index is 10.7. The molecule has 1 fully saturated rings. The first-order valence-corrected chi connectivity index (χ1v) is 6.61. The fourth-order valence-corrected chi connectivity index (χ4v) is 2.36. The third kappa shape index (κ3) is 2.67. The first kappa shape index (κ1) is 12.7. The molecule has 2 N–H and O–H groups in total. The third-order valence-electron chi connectivity index (χ3n) is 3.43. The zero-order chi connectivity index (χ0) is 13.9. The van der Waals surface area contributed by atoms with Gasteiger partial charge in [0.15, 0.2) is 0 Å². The van der Waals surface area contributed by atoms with E-state index in [9.17, 15) is 10.1 Å². The van der Waals surface area contributed by atoms with Crippen LogP contribution in [0.2, 0.25) is 0 Å². The molecule has 0 aliphatic carbocycles. The van der Waals surface area contributed by atoms with Crippen molar-refractivity contribution in [3.05, 3.63) is 34.5 Å². The van der Waals surface area contributed by atoms with Crippen LogP contribution >= 0.6 is 0 Å². The van der Waals surface area contributed by atoms with Gasteiger partial charge in [0.25, 0.3) is 5.69 Å². The molecule has 1 atom stereocenters. The Bertz CT molecular complexity index is 640. The smallest absolute Gasteiger partial charge is 0.271 e. The lowest BCUT2D eigenvalue weighted by atomic mass is 10.2. The molecule has 0 amide bonds. The highest BCUT2D eigenvalue weighted by molar-refractivity contribution is 5.78. The SMILES string of the molecule is O=[N+]([O-])c1ccc2nc(NCC3CCCN3)cnc2c1. The summed E-state index contributed by atoms with van der Waals surface area (Å²) in [6.07, 6.45) is 3.99. The average Bonchev–Trinajstić information content (AvgIpc) is 2.97. The number of nitro benzene ring substituents is 1. The number of hydrogen-bond donors (Lipinski definition) is 2. The van der Waals surface area contributed by atoms with Gasteiger partial charge in [-0.05, 0) is 25.5 Å². The predicted octanol–water partition coefficient (Wildman–Crippen LogP) is 1.70. The molecule has 1 aromatic heterocycles. The van der Waals surface area contributed by atoms with Crippen molar-refractivity contribution in [1.82, 2.24) is 15.3 Å². The van der Waals surface area contributed by atoms with Crippen LogP contribution in [0.15, 0.2) is 24.4 Å². The van der Waals surface area contributed by atoms with Crippen molar-refractivity contribution in [2.45, 2.75) is 18.9 Å². The number of nitro groups is 1. The largest absolute Gasteiger partial charge is 0.367 e. The van der Waals surface area contributed by atoms with E-state index in [1.54, 1.807) is 12.3 Å². The summed E-state index contributed by atoms with van der Waals surface area (Å²) in [5.74, 6) is 0.694. The Hall–Kier alpha value is -2.28. The lowest BCUT2D eigenvalue weighted by Gasteiger charge is -2.11. The van der Waals surface area contributed by atoms with Crippen LogP contribution in [0.1, 0.15) is 12.8 Å². The van der Waals surface area contributed by atoms with E-state index in [0.29, 0.717) is 22.9 Å². The first-order valence-electron chi connectivity index (χ1n) is 6.61. The second-order valence-corrected chi connectivity index (χ2v) is 4.86. The standard InChI is InChI=1S/C13H15N5O2/c19-18(20)10-3-4-11-12(6-10)15-8-13(17-11)16-7-9-2-1-5-14-9/h3-4,6,8-9,14H,1-2,5,7H2,(H,16,17). The summed E-state index contributed by atoms with van der Waals surface area (Å²) in [7, 11) is 0. The molecule has 0 spiro atoms. The van der Waals surface area contributed by atoms with Crippen molar-refractivity contribution in [1.29, 1.82) is 0 Å². The van der Waals surface area contributed by atoms with E-state index in [0.717, 1.165) is 13.1 Å². The molecule has 7 nitrogen and oxygen atoms in total. The Kier molecular flexibility index (Phi) is 3.42. The minimum absolute atomic E-state index is 0.0302. The van der Waals surface area contributed by atoms with E-state index < -0.39 is 4.92 Å². The van der Waals surface area contributed by atoms with E-state index in [2.05, 4.69) is 20.6 Å². The van der Waals surface area contributed by atoms with Crippen molar-refractivity contribution in [3.63, 3.8) is 0 Å². The molecule has 1 aliphatic heterocycles. The highest BCUT2D eigenvalue weighted by Crippen LogP contribution is 2.19. The number of anilines is 1. The van der Waals surface area contributed by atoms with Gasteiger partial charge in [-0.25, -0.2) is 4.98 Å². The van der Waals surface area contributed by atoms with Crippen LogP contribution in [-0.4, -0.2) is 34.0 Å². The van der Waals surface area contributed by atoms with Crippen LogP contribution < -0.4 is 10.6 Å². The van der Waals surface area contributed by atoms with Crippen LogP contribution in [0.3, 0.4) is 0 Å². The molecule has 20 heavy (non-hydrogen) atoms. The van der Waals surface area contributed by atoms with Gasteiger partial charge < -0.3 is 10.6 Å². The summed E-state index contributed by atoms with van der Waals surface area (Å²) in [4.78, 5) is 18.9. The average molecular weight is 273 g/mol. The zero-order valence-corrected chi connectivity index (χ0v) is 10.9. The lowest BCUT2D eigenvalue weighted by molar-refractivity contribution is -0.384. The molecular weight excluding hydrogens is 258 g/mol. The minimum atomic E-state index is -0.432. The van der Waals surface area contributed by atoms with Crippen LogP contribution in [0.5, 0.6) is 0 Å². The lowest BCUT2D eigenvalue weighted by Crippen LogP contribution is -2.29. The van der Waals surface area contributed by atoms with E-state index in [1.807, 2.05) is 0 Å². The maximum absolute atomic E-state index is 10.7. The van der Waals surface area contributed by atoms with E-state index in [-0.39, 0.29) is 5.69 Å². The fourth-order valence-electron chi connectivity index (χ4n) is 2.36. The third-order valence-corrected chi connectivity index (χ3v) is 3.43. The first-order chi connectivity index (χ1) is 9.72. The molecule has 0 saturated carbocycles. The summed E-state index contributed by atoms with van der Waals surface area (Å²) in [5.41, 5.74) is 1.21. The summed E-state index contributed by atoms with van der Waals surface area (Å²) in [6.45, 7) is 1.88. The summed E-state index contributed by atoms with van der Waals surface area (Å²) < 4.78 is 0. The van der Waals surface area contributed by atoms with Gasteiger partial charge in [-0.3, -0.25) is 15.1 Å². The summed E-state index contributed by atoms with van der Waals surface area (Å²) in [5, 5.41) is 17.3. The number of benzene rings is 1. The number of fused-ring (bicyclic) bond motifs is 1. The molecule has 2 aromatic rings. The number of hydrogen-bond acceptors (Lipinski definition) is 6. The van der Waals surface area contributed by atoms with Crippen LogP contribution in [0.4, 0.5) is 11.5 Å². The topological polar surface area (TPSA) is 93.0 Å². The number of nitrogens with one attached hydrogen (secondary N) is 2. The highest BCUT2D eigenvalue weighted by atomic mass is 16.6. The summed E-state index contributed by atoms with van der Waals surface area (Å²) >= 11 is 0. The monoisotopic (exact) mass is 273 g/mol. The predicted molar refractivity (Wildman–Crippen MR) is 75.7 cm³/mol. The van der Waals surface area contributed by atoms with E-state index in [1.165, 1.54) is 25.0 Å². The van der Waals surface area contributed by atoms with Gasteiger partial charge in [-0.1, -0.05) is 0 Å². The molecule has 7 heteroatoms. The zero-order valence-electron chi connectivity index (χ0n) is 10.9. The number of rotatable bonds is 4. The van der Waals surface area contributed by atoms with Gasteiger partial charge in [0, 0.05) is 24.7 Å². The second-order valence-electron chi connectivity index (χ2n) is 4.86. The molecule has 104 valence electrons. The van der Waals surface area contributed by atoms with Crippen molar-refractivity contribution in [3.8, 4) is 0 Å². The highest BCUT2D eigenvalue weighted by Gasteiger charge is 2.14. The Morgan fingerprint density at radius 2 is 2.35 bits per heavy atom. The Labute approximate surface area is 115 Å². The quantitative estimate of drug-likeness (QED) is 0.650. The number of non-ortho nitro benzene ring substituents is 1. The van der Waals surface area contributed by atoms with Crippen molar-refractivity contribution in [2.75, 3.05) is 18.4 Å². The van der Waals surface area contributed by atoms with Gasteiger partial charge >= 0.3 is 0 Å². The number of nitrogens with zero attached hydrogens (tertiary/aromatic N) is 3. The van der Waals surface area contributed by atoms with Crippen LogP contribution in [0, 0.1) is 10.1 Å². The van der Waals surface area contributed by atoms with E-state index in [4.69, 9.17) is 0 Å². The Morgan fingerprint density at radius 3 is 3.10 bits per heavy atom. The van der Waals surface area contributed by atoms with Crippen molar-refractivity contribution < 1.29 is 4.92 Å². The molecule has 1 unspecified atom stereocenters. The van der Waals surface area contributed by atoms with Crippen LogP contribution in [-0.2, 0) is 0 Å². The molecule has 1 aliphatic rings.